The lowest BCUT2D eigenvalue weighted by atomic mass is 9.74. The van der Waals surface area contributed by atoms with Crippen LogP contribution < -0.4 is 0 Å². The molecule has 3 nitrogen and oxygen atoms in total. The van der Waals surface area contributed by atoms with Gasteiger partial charge in [0.15, 0.2) is 0 Å². The molecule has 0 N–H and O–H groups in total. The smallest absolute Gasteiger partial charge is 0.227 e. The Morgan fingerprint density at radius 2 is 1.68 bits per heavy atom. The maximum absolute atomic E-state index is 13.2. The standard InChI is InChI=1S/C21H29BrN2O/c22-18-10-8-16(9-11-18)15-20(25)24-14-4-6-17-5-3-7-19(21(17)24)23-12-1-2-13-23/h8-11,17,19,21H,1-7,12-15H2. The van der Waals surface area contributed by atoms with Gasteiger partial charge in [-0.05, 0) is 75.2 Å². The van der Waals surface area contributed by atoms with Gasteiger partial charge in [0.05, 0.1) is 12.5 Å². The highest BCUT2D eigenvalue weighted by atomic mass is 79.9. The molecule has 2 heterocycles. The molecule has 3 atom stereocenters. The highest BCUT2D eigenvalue weighted by Gasteiger charge is 2.43. The molecule has 2 aliphatic heterocycles. The number of hydrogen-bond donors (Lipinski definition) is 0. The van der Waals surface area contributed by atoms with Gasteiger partial charge >= 0.3 is 0 Å². The molecule has 1 saturated carbocycles. The zero-order valence-electron chi connectivity index (χ0n) is 15.0. The Hall–Kier alpha value is -0.870. The number of fused-ring (bicyclic) bond motifs is 1. The van der Waals surface area contributed by atoms with E-state index in [0.717, 1.165) is 22.5 Å². The number of carbonyl (C=O) groups is 1. The van der Waals surface area contributed by atoms with Gasteiger partial charge < -0.3 is 4.90 Å². The lowest BCUT2D eigenvalue weighted by Crippen LogP contribution is -2.60. The normalized spacial score (nSPS) is 30.3. The van der Waals surface area contributed by atoms with Crippen molar-refractivity contribution in [3.63, 3.8) is 0 Å². The molecule has 1 amide bonds. The van der Waals surface area contributed by atoms with Crippen molar-refractivity contribution in [3.8, 4) is 0 Å². The molecule has 4 heteroatoms. The first-order chi connectivity index (χ1) is 12.2. The molecule has 0 bridgehead atoms. The second-order valence-corrected chi connectivity index (χ2v) is 8.94. The number of rotatable bonds is 3. The average Bonchev–Trinajstić information content (AvgIpc) is 3.17. The first-order valence-electron chi connectivity index (χ1n) is 10.0. The van der Waals surface area contributed by atoms with Gasteiger partial charge in [-0.25, -0.2) is 0 Å². The van der Waals surface area contributed by atoms with Gasteiger partial charge in [-0.15, -0.1) is 0 Å². The summed E-state index contributed by atoms with van der Waals surface area (Å²) in [5.74, 6) is 1.06. The van der Waals surface area contributed by atoms with Crippen LogP contribution in [0.15, 0.2) is 28.7 Å². The van der Waals surface area contributed by atoms with Crippen LogP contribution in [-0.2, 0) is 11.2 Å². The minimum atomic E-state index is 0.336. The van der Waals surface area contributed by atoms with Gasteiger partial charge in [0.2, 0.25) is 5.91 Å². The summed E-state index contributed by atoms with van der Waals surface area (Å²) in [6, 6.07) is 9.29. The monoisotopic (exact) mass is 404 g/mol. The molecule has 0 aromatic heterocycles. The molecule has 1 aromatic rings. The van der Waals surface area contributed by atoms with E-state index < -0.39 is 0 Å². The molecule has 2 saturated heterocycles. The Labute approximate surface area is 159 Å². The van der Waals surface area contributed by atoms with Crippen molar-refractivity contribution in [1.29, 1.82) is 0 Å². The Balaban J connectivity index is 1.51. The fourth-order valence-corrected chi connectivity index (χ4v) is 5.60. The summed E-state index contributed by atoms with van der Waals surface area (Å²) in [6.45, 7) is 3.44. The number of amides is 1. The first kappa shape index (κ1) is 17.5. The highest BCUT2D eigenvalue weighted by Crippen LogP contribution is 2.39. The number of nitrogens with zero attached hydrogens (tertiary/aromatic N) is 2. The zero-order chi connectivity index (χ0) is 17.2. The first-order valence-corrected chi connectivity index (χ1v) is 10.8. The topological polar surface area (TPSA) is 23.6 Å². The number of likely N-dealkylation sites (tertiary alicyclic amines) is 2. The van der Waals surface area contributed by atoms with Crippen LogP contribution in [0.5, 0.6) is 0 Å². The van der Waals surface area contributed by atoms with E-state index in [1.807, 2.05) is 12.1 Å². The van der Waals surface area contributed by atoms with Crippen LogP contribution in [0.1, 0.15) is 50.5 Å². The molecule has 136 valence electrons. The van der Waals surface area contributed by atoms with Crippen molar-refractivity contribution in [2.45, 2.75) is 63.5 Å². The van der Waals surface area contributed by atoms with E-state index in [1.54, 1.807) is 0 Å². The maximum atomic E-state index is 13.2. The van der Waals surface area contributed by atoms with E-state index in [-0.39, 0.29) is 0 Å². The third-order valence-electron chi connectivity index (χ3n) is 6.48. The molecule has 3 aliphatic rings. The van der Waals surface area contributed by atoms with Crippen LogP contribution in [0.4, 0.5) is 0 Å². The van der Waals surface area contributed by atoms with Crippen molar-refractivity contribution < 1.29 is 4.79 Å². The van der Waals surface area contributed by atoms with E-state index >= 15 is 0 Å². The summed E-state index contributed by atoms with van der Waals surface area (Å²) < 4.78 is 1.07. The van der Waals surface area contributed by atoms with E-state index in [9.17, 15) is 4.79 Å². The second-order valence-electron chi connectivity index (χ2n) is 8.02. The Kier molecular flexibility index (Phi) is 5.47. The van der Waals surface area contributed by atoms with Crippen molar-refractivity contribution >= 4 is 21.8 Å². The predicted octanol–water partition coefficient (Wildman–Crippen LogP) is 4.25. The van der Waals surface area contributed by atoms with Gasteiger partial charge in [0.1, 0.15) is 0 Å². The average molecular weight is 405 g/mol. The minimum absolute atomic E-state index is 0.336. The molecule has 0 spiro atoms. The maximum Gasteiger partial charge on any atom is 0.227 e. The van der Waals surface area contributed by atoms with Crippen molar-refractivity contribution in [2.75, 3.05) is 19.6 Å². The molecule has 3 unspecified atom stereocenters. The third-order valence-corrected chi connectivity index (χ3v) is 7.01. The SMILES string of the molecule is O=C(Cc1ccc(Br)cc1)N1CCCC2CCCC(N3CCCC3)C21. The fourth-order valence-electron chi connectivity index (χ4n) is 5.34. The number of halogens is 1. The van der Waals surface area contributed by atoms with Crippen LogP contribution in [0.2, 0.25) is 0 Å². The molecular formula is C21H29BrN2O. The molecule has 4 rings (SSSR count). The molecule has 3 fully saturated rings. The Bertz CT molecular complexity index is 594. The second kappa shape index (κ2) is 7.79. The third kappa shape index (κ3) is 3.80. The lowest BCUT2D eigenvalue weighted by molar-refractivity contribution is -0.139. The molecule has 1 aliphatic carbocycles. The minimum Gasteiger partial charge on any atom is -0.338 e. The van der Waals surface area contributed by atoms with Gasteiger partial charge in [0, 0.05) is 17.1 Å². The summed E-state index contributed by atoms with van der Waals surface area (Å²) >= 11 is 3.48. The van der Waals surface area contributed by atoms with E-state index in [2.05, 4.69) is 37.9 Å². The van der Waals surface area contributed by atoms with Gasteiger partial charge in [0.25, 0.3) is 0 Å². The lowest BCUT2D eigenvalue weighted by Gasteiger charge is -2.51. The number of benzene rings is 1. The number of piperidine rings is 1. The van der Waals surface area contributed by atoms with Gasteiger partial charge in [-0.1, -0.05) is 34.5 Å². The number of hydrogen-bond acceptors (Lipinski definition) is 2. The summed E-state index contributed by atoms with van der Waals surface area (Å²) in [7, 11) is 0. The van der Waals surface area contributed by atoms with Crippen LogP contribution in [0.25, 0.3) is 0 Å². The quantitative estimate of drug-likeness (QED) is 0.751. The highest BCUT2D eigenvalue weighted by molar-refractivity contribution is 9.10. The van der Waals surface area contributed by atoms with E-state index in [0.29, 0.717) is 24.4 Å². The van der Waals surface area contributed by atoms with E-state index in [4.69, 9.17) is 0 Å². The fraction of sp³-hybridized carbons (Fsp3) is 0.667. The molecule has 25 heavy (non-hydrogen) atoms. The van der Waals surface area contributed by atoms with Crippen LogP contribution in [0, 0.1) is 5.92 Å². The summed E-state index contributed by atoms with van der Waals surface area (Å²) in [5.41, 5.74) is 1.13. The summed E-state index contributed by atoms with van der Waals surface area (Å²) in [6.07, 6.45) is 9.65. The van der Waals surface area contributed by atoms with Gasteiger partial charge in [-0.3, -0.25) is 9.69 Å². The Morgan fingerprint density at radius 3 is 2.44 bits per heavy atom. The van der Waals surface area contributed by atoms with Crippen LogP contribution >= 0.6 is 15.9 Å². The van der Waals surface area contributed by atoms with Crippen molar-refractivity contribution in [2.24, 2.45) is 5.92 Å². The van der Waals surface area contributed by atoms with Crippen molar-refractivity contribution in [1.82, 2.24) is 9.80 Å². The zero-order valence-corrected chi connectivity index (χ0v) is 16.6. The molecular weight excluding hydrogens is 376 g/mol. The summed E-state index contributed by atoms with van der Waals surface area (Å²) in [5, 5.41) is 0. The predicted molar refractivity (Wildman–Crippen MR) is 105 cm³/mol. The van der Waals surface area contributed by atoms with Crippen LogP contribution in [-0.4, -0.2) is 47.4 Å². The van der Waals surface area contributed by atoms with E-state index in [1.165, 1.54) is 58.0 Å². The molecule has 1 aromatic carbocycles. The number of carbonyl (C=O) groups excluding carboxylic acids is 1. The Morgan fingerprint density at radius 1 is 0.960 bits per heavy atom. The van der Waals surface area contributed by atoms with Crippen LogP contribution in [0.3, 0.4) is 0 Å². The summed E-state index contributed by atoms with van der Waals surface area (Å²) in [4.78, 5) is 18.1. The van der Waals surface area contributed by atoms with Gasteiger partial charge in [-0.2, -0.15) is 0 Å². The largest absolute Gasteiger partial charge is 0.338 e. The molecule has 0 radical (unpaired) electrons. The van der Waals surface area contributed by atoms with Crippen molar-refractivity contribution in [3.05, 3.63) is 34.3 Å².